The highest BCUT2D eigenvalue weighted by Crippen LogP contribution is 2.38. The maximum atomic E-state index is 12.4. The molecule has 0 spiro atoms. The van der Waals surface area contributed by atoms with Crippen molar-refractivity contribution in [2.45, 2.75) is 44.1 Å². The van der Waals surface area contributed by atoms with Crippen molar-refractivity contribution < 1.29 is 24.2 Å². The van der Waals surface area contributed by atoms with Crippen LogP contribution in [0.2, 0.25) is 5.02 Å². The molecule has 0 unspecified atom stereocenters. The Bertz CT molecular complexity index is 655. The predicted octanol–water partition coefficient (Wildman–Crippen LogP) is 2.56. The fourth-order valence-corrected chi connectivity index (χ4v) is 3.60. The molecule has 24 heavy (non-hydrogen) atoms. The topological polar surface area (TPSA) is 84.9 Å². The van der Waals surface area contributed by atoms with Crippen molar-refractivity contribution in [3.05, 3.63) is 22.7 Å². The summed E-state index contributed by atoms with van der Waals surface area (Å²) in [4.78, 5) is 24.0. The zero-order valence-electron chi connectivity index (χ0n) is 13.3. The van der Waals surface area contributed by atoms with Gasteiger partial charge in [0.15, 0.2) is 11.5 Å². The summed E-state index contributed by atoms with van der Waals surface area (Å²) in [6.45, 7) is 0.870. The Balaban J connectivity index is 1.72. The van der Waals surface area contributed by atoms with E-state index in [4.69, 9.17) is 21.1 Å². The second kappa shape index (κ2) is 6.89. The molecule has 0 aromatic heterocycles. The summed E-state index contributed by atoms with van der Waals surface area (Å²) in [5.74, 6) is -0.286. The highest BCUT2D eigenvalue weighted by atomic mass is 35.5. The van der Waals surface area contributed by atoms with Crippen LogP contribution in [0.3, 0.4) is 0 Å². The van der Waals surface area contributed by atoms with Gasteiger partial charge in [-0.25, -0.2) is 4.79 Å². The number of ether oxygens (including phenoxy) is 2. The van der Waals surface area contributed by atoms with Gasteiger partial charge in [0.1, 0.15) is 18.8 Å². The number of nitrogens with one attached hydrogen (secondary N) is 1. The molecule has 2 aliphatic rings. The molecule has 1 aromatic carbocycles. The van der Waals surface area contributed by atoms with Crippen molar-refractivity contribution in [1.29, 1.82) is 0 Å². The maximum Gasteiger partial charge on any atom is 0.329 e. The van der Waals surface area contributed by atoms with Crippen LogP contribution in [-0.2, 0) is 16.0 Å². The third-order valence-electron chi connectivity index (χ3n) is 4.52. The lowest BCUT2D eigenvalue weighted by Crippen LogP contribution is -2.55. The average Bonchev–Trinajstić information content (AvgIpc) is 2.55. The lowest BCUT2D eigenvalue weighted by molar-refractivity contribution is -0.149. The number of hydrogen-bond donors (Lipinski definition) is 2. The van der Waals surface area contributed by atoms with E-state index in [0.29, 0.717) is 48.1 Å². The molecular formula is C17H20ClNO5. The van der Waals surface area contributed by atoms with Gasteiger partial charge in [-0.3, -0.25) is 4.79 Å². The van der Waals surface area contributed by atoms with Gasteiger partial charge >= 0.3 is 5.97 Å². The number of carboxylic acids is 1. The molecule has 130 valence electrons. The third kappa shape index (κ3) is 3.43. The summed E-state index contributed by atoms with van der Waals surface area (Å²) in [6.07, 6.45) is 3.60. The Morgan fingerprint density at radius 1 is 1.17 bits per heavy atom. The van der Waals surface area contributed by atoms with Crippen LogP contribution in [0.4, 0.5) is 0 Å². The van der Waals surface area contributed by atoms with Crippen LogP contribution in [0.5, 0.6) is 11.5 Å². The maximum absolute atomic E-state index is 12.4. The Labute approximate surface area is 145 Å². The predicted molar refractivity (Wildman–Crippen MR) is 87.7 cm³/mol. The SMILES string of the molecule is O=C(Cc1cc(Cl)c2c(c1)OCCO2)NC1(C(=O)O)CCCCC1. The Hall–Kier alpha value is -1.95. The lowest BCUT2D eigenvalue weighted by atomic mass is 9.81. The second-order valence-electron chi connectivity index (χ2n) is 6.27. The summed E-state index contributed by atoms with van der Waals surface area (Å²) in [7, 11) is 0. The molecule has 1 amide bonds. The van der Waals surface area contributed by atoms with Crippen molar-refractivity contribution in [3.8, 4) is 11.5 Å². The average molecular weight is 354 g/mol. The van der Waals surface area contributed by atoms with Crippen LogP contribution in [0.15, 0.2) is 12.1 Å². The molecule has 1 fully saturated rings. The Morgan fingerprint density at radius 2 is 1.88 bits per heavy atom. The van der Waals surface area contributed by atoms with Crippen molar-refractivity contribution in [3.63, 3.8) is 0 Å². The molecule has 0 atom stereocenters. The minimum absolute atomic E-state index is 0.0470. The highest BCUT2D eigenvalue weighted by molar-refractivity contribution is 6.32. The van der Waals surface area contributed by atoms with E-state index in [1.807, 2.05) is 0 Å². The first-order valence-corrected chi connectivity index (χ1v) is 8.50. The van der Waals surface area contributed by atoms with Crippen molar-refractivity contribution in [1.82, 2.24) is 5.32 Å². The van der Waals surface area contributed by atoms with E-state index in [-0.39, 0.29) is 12.3 Å². The van der Waals surface area contributed by atoms with Gasteiger partial charge < -0.3 is 19.9 Å². The van der Waals surface area contributed by atoms with Crippen LogP contribution in [-0.4, -0.2) is 35.7 Å². The zero-order chi connectivity index (χ0) is 17.2. The summed E-state index contributed by atoms with van der Waals surface area (Å²) >= 11 is 6.17. The van der Waals surface area contributed by atoms with Crippen LogP contribution < -0.4 is 14.8 Å². The van der Waals surface area contributed by atoms with Crippen LogP contribution in [0.1, 0.15) is 37.7 Å². The molecule has 6 nitrogen and oxygen atoms in total. The number of amides is 1. The summed E-state index contributed by atoms with van der Waals surface area (Å²) in [6, 6.07) is 3.37. The van der Waals surface area contributed by atoms with E-state index in [0.717, 1.165) is 19.3 Å². The van der Waals surface area contributed by atoms with Gasteiger partial charge in [0, 0.05) is 0 Å². The second-order valence-corrected chi connectivity index (χ2v) is 6.68. The van der Waals surface area contributed by atoms with Crippen molar-refractivity contribution >= 4 is 23.5 Å². The van der Waals surface area contributed by atoms with Crippen LogP contribution >= 0.6 is 11.6 Å². The van der Waals surface area contributed by atoms with E-state index in [1.165, 1.54) is 0 Å². The molecule has 3 rings (SSSR count). The Morgan fingerprint density at radius 3 is 2.58 bits per heavy atom. The number of fused-ring (bicyclic) bond motifs is 1. The third-order valence-corrected chi connectivity index (χ3v) is 4.80. The molecule has 2 N–H and O–H groups in total. The van der Waals surface area contributed by atoms with Crippen LogP contribution in [0, 0.1) is 0 Å². The molecule has 0 bridgehead atoms. The molecule has 0 saturated heterocycles. The number of hydrogen-bond acceptors (Lipinski definition) is 4. The van der Waals surface area contributed by atoms with Gasteiger partial charge in [-0.05, 0) is 30.5 Å². The smallest absolute Gasteiger partial charge is 0.329 e. The lowest BCUT2D eigenvalue weighted by Gasteiger charge is -2.34. The fourth-order valence-electron chi connectivity index (χ4n) is 3.31. The van der Waals surface area contributed by atoms with E-state index in [9.17, 15) is 14.7 Å². The monoisotopic (exact) mass is 353 g/mol. The van der Waals surface area contributed by atoms with Crippen molar-refractivity contribution in [2.24, 2.45) is 0 Å². The number of halogens is 1. The number of carbonyl (C=O) groups excluding carboxylic acids is 1. The first-order valence-electron chi connectivity index (χ1n) is 8.13. The van der Waals surface area contributed by atoms with Gasteiger partial charge in [0.2, 0.25) is 5.91 Å². The van der Waals surface area contributed by atoms with Gasteiger partial charge in [-0.15, -0.1) is 0 Å². The summed E-state index contributed by atoms with van der Waals surface area (Å²) < 4.78 is 10.9. The number of benzene rings is 1. The highest BCUT2D eigenvalue weighted by Gasteiger charge is 2.40. The van der Waals surface area contributed by atoms with E-state index in [1.54, 1.807) is 12.1 Å². The molecule has 1 aromatic rings. The first-order chi connectivity index (χ1) is 11.5. The number of aliphatic carboxylic acids is 1. The van der Waals surface area contributed by atoms with E-state index < -0.39 is 11.5 Å². The van der Waals surface area contributed by atoms with Gasteiger partial charge in [0.05, 0.1) is 11.4 Å². The number of carbonyl (C=O) groups is 2. The molecule has 1 saturated carbocycles. The molecule has 1 aliphatic carbocycles. The van der Waals surface area contributed by atoms with Crippen LogP contribution in [0.25, 0.3) is 0 Å². The largest absolute Gasteiger partial charge is 0.486 e. The minimum Gasteiger partial charge on any atom is -0.486 e. The minimum atomic E-state index is -1.15. The van der Waals surface area contributed by atoms with Crippen molar-refractivity contribution in [2.75, 3.05) is 13.2 Å². The standard InChI is InChI=1S/C17H20ClNO5/c18-12-8-11(9-13-15(12)24-7-6-23-13)10-14(20)19-17(16(21)22)4-2-1-3-5-17/h8-9H,1-7,10H2,(H,19,20)(H,21,22). The molecular weight excluding hydrogens is 334 g/mol. The molecule has 1 heterocycles. The van der Waals surface area contributed by atoms with Gasteiger partial charge in [-0.1, -0.05) is 30.9 Å². The summed E-state index contributed by atoms with van der Waals surface area (Å²) in [5.41, 5.74) is -0.481. The molecule has 7 heteroatoms. The molecule has 0 radical (unpaired) electrons. The zero-order valence-corrected chi connectivity index (χ0v) is 14.0. The fraction of sp³-hybridized carbons (Fsp3) is 0.529. The summed E-state index contributed by atoms with van der Waals surface area (Å²) in [5, 5.41) is 12.6. The van der Waals surface area contributed by atoms with Gasteiger partial charge in [-0.2, -0.15) is 0 Å². The van der Waals surface area contributed by atoms with E-state index >= 15 is 0 Å². The first kappa shape index (κ1) is 16.9. The quantitative estimate of drug-likeness (QED) is 0.869. The normalized spacial score (nSPS) is 18.7. The number of carboxylic acid groups (broad SMARTS) is 1. The molecule has 1 aliphatic heterocycles. The van der Waals surface area contributed by atoms with Gasteiger partial charge in [0.25, 0.3) is 0 Å². The Kier molecular flexibility index (Phi) is 4.85. The van der Waals surface area contributed by atoms with E-state index in [2.05, 4.69) is 5.32 Å². The number of rotatable bonds is 4.